The average molecular weight is 215 g/mol. The van der Waals surface area contributed by atoms with E-state index in [9.17, 15) is 9.90 Å². The number of nitrogens with one attached hydrogen (secondary N) is 1. The van der Waals surface area contributed by atoms with Crippen molar-refractivity contribution in [1.29, 1.82) is 0 Å². The number of hydrogen-bond donors (Lipinski definition) is 2. The lowest BCUT2D eigenvalue weighted by Gasteiger charge is -2.15. The summed E-state index contributed by atoms with van der Waals surface area (Å²) in [6.45, 7) is 5.65. The van der Waals surface area contributed by atoms with Crippen LogP contribution in [0.3, 0.4) is 0 Å². The molecule has 2 N–H and O–H groups in total. The molecule has 1 aliphatic rings. The Labute approximate surface area is 91.0 Å². The number of aliphatic hydroxyl groups is 1. The van der Waals surface area contributed by atoms with E-state index in [4.69, 9.17) is 4.74 Å². The topological polar surface area (TPSA) is 58.6 Å². The van der Waals surface area contributed by atoms with Gasteiger partial charge in [-0.05, 0) is 18.8 Å². The van der Waals surface area contributed by atoms with E-state index >= 15 is 0 Å². The predicted octanol–water partition coefficient (Wildman–Crippen LogP) is 0.546. The second kappa shape index (κ2) is 6.08. The second-order valence-corrected chi connectivity index (χ2v) is 4.59. The SMILES string of the molecule is CC(C)CC(O)CNC(=O)C1CCOC1. The largest absolute Gasteiger partial charge is 0.391 e. The molecule has 88 valence electrons. The first-order valence-electron chi connectivity index (χ1n) is 5.63. The summed E-state index contributed by atoms with van der Waals surface area (Å²) in [5, 5.41) is 12.3. The third-order valence-electron chi connectivity index (χ3n) is 2.56. The molecule has 0 aromatic heterocycles. The van der Waals surface area contributed by atoms with E-state index in [0.29, 0.717) is 25.7 Å². The minimum Gasteiger partial charge on any atom is -0.391 e. The number of aliphatic hydroxyl groups excluding tert-OH is 1. The van der Waals surface area contributed by atoms with E-state index < -0.39 is 6.10 Å². The average Bonchev–Trinajstić information content (AvgIpc) is 2.65. The summed E-state index contributed by atoms with van der Waals surface area (Å²) in [4.78, 5) is 11.5. The molecule has 2 atom stereocenters. The zero-order valence-corrected chi connectivity index (χ0v) is 9.53. The lowest BCUT2D eigenvalue weighted by atomic mass is 10.1. The Balaban J connectivity index is 2.15. The van der Waals surface area contributed by atoms with Gasteiger partial charge in [0.2, 0.25) is 5.91 Å². The van der Waals surface area contributed by atoms with Gasteiger partial charge in [-0.25, -0.2) is 0 Å². The fourth-order valence-electron chi connectivity index (χ4n) is 1.73. The Morgan fingerprint density at radius 1 is 1.60 bits per heavy atom. The monoisotopic (exact) mass is 215 g/mol. The maximum atomic E-state index is 11.5. The lowest BCUT2D eigenvalue weighted by molar-refractivity contribution is -0.125. The van der Waals surface area contributed by atoms with Crippen LogP contribution in [-0.4, -0.2) is 36.9 Å². The maximum Gasteiger partial charge on any atom is 0.225 e. The smallest absolute Gasteiger partial charge is 0.225 e. The standard InChI is InChI=1S/C11H21NO3/c1-8(2)5-10(13)6-12-11(14)9-3-4-15-7-9/h8-10,13H,3-7H2,1-2H3,(H,12,14). The molecule has 0 bridgehead atoms. The molecule has 0 aromatic rings. The van der Waals surface area contributed by atoms with Gasteiger partial charge in [-0.15, -0.1) is 0 Å². The number of carbonyl (C=O) groups is 1. The quantitative estimate of drug-likeness (QED) is 0.704. The summed E-state index contributed by atoms with van der Waals surface area (Å²) in [5.74, 6) is 0.443. The Kier molecular flexibility index (Phi) is 5.05. The molecule has 0 spiro atoms. The van der Waals surface area contributed by atoms with Crippen LogP contribution >= 0.6 is 0 Å². The summed E-state index contributed by atoms with van der Waals surface area (Å²) in [6.07, 6.45) is 1.09. The first kappa shape index (κ1) is 12.5. The molecule has 0 saturated carbocycles. The normalized spacial score (nSPS) is 23.1. The van der Waals surface area contributed by atoms with Gasteiger partial charge in [0, 0.05) is 13.2 Å². The van der Waals surface area contributed by atoms with E-state index in [0.717, 1.165) is 12.8 Å². The molecule has 1 saturated heterocycles. The first-order chi connectivity index (χ1) is 7.09. The van der Waals surface area contributed by atoms with Gasteiger partial charge in [0.1, 0.15) is 0 Å². The van der Waals surface area contributed by atoms with Crippen molar-refractivity contribution in [2.45, 2.75) is 32.8 Å². The summed E-state index contributed by atoms with van der Waals surface area (Å²) < 4.78 is 5.13. The maximum absolute atomic E-state index is 11.5. The minimum absolute atomic E-state index is 0.00954. The minimum atomic E-state index is -0.434. The van der Waals surface area contributed by atoms with Crippen molar-refractivity contribution in [3.8, 4) is 0 Å². The van der Waals surface area contributed by atoms with Crippen molar-refractivity contribution in [2.24, 2.45) is 11.8 Å². The van der Waals surface area contributed by atoms with Crippen molar-refractivity contribution < 1.29 is 14.6 Å². The number of rotatable bonds is 5. The number of amides is 1. The zero-order chi connectivity index (χ0) is 11.3. The highest BCUT2D eigenvalue weighted by atomic mass is 16.5. The van der Waals surface area contributed by atoms with Crippen LogP contribution < -0.4 is 5.32 Å². The summed E-state index contributed by atoms with van der Waals surface area (Å²) in [6, 6.07) is 0. The molecule has 1 fully saturated rings. The van der Waals surface area contributed by atoms with Crippen molar-refractivity contribution in [1.82, 2.24) is 5.32 Å². The van der Waals surface area contributed by atoms with Gasteiger partial charge in [-0.1, -0.05) is 13.8 Å². The first-order valence-corrected chi connectivity index (χ1v) is 5.63. The van der Waals surface area contributed by atoms with Gasteiger partial charge < -0.3 is 15.2 Å². The highest BCUT2D eigenvalue weighted by Crippen LogP contribution is 2.12. The van der Waals surface area contributed by atoms with Gasteiger partial charge in [0.15, 0.2) is 0 Å². The predicted molar refractivity (Wildman–Crippen MR) is 57.4 cm³/mol. The molecule has 1 rings (SSSR count). The third-order valence-corrected chi connectivity index (χ3v) is 2.56. The highest BCUT2D eigenvalue weighted by Gasteiger charge is 2.23. The van der Waals surface area contributed by atoms with Gasteiger partial charge in [-0.2, -0.15) is 0 Å². The summed E-state index contributed by atoms with van der Waals surface area (Å²) in [7, 11) is 0. The molecule has 15 heavy (non-hydrogen) atoms. The molecule has 0 radical (unpaired) electrons. The van der Waals surface area contributed by atoms with Crippen LogP contribution in [0.4, 0.5) is 0 Å². The van der Waals surface area contributed by atoms with Crippen LogP contribution in [-0.2, 0) is 9.53 Å². The second-order valence-electron chi connectivity index (χ2n) is 4.59. The van der Waals surface area contributed by atoms with Crippen LogP contribution in [0.2, 0.25) is 0 Å². The van der Waals surface area contributed by atoms with Crippen LogP contribution in [0.5, 0.6) is 0 Å². The number of ether oxygens (including phenoxy) is 1. The van der Waals surface area contributed by atoms with Crippen molar-refractivity contribution in [3.05, 3.63) is 0 Å². The van der Waals surface area contributed by atoms with Crippen LogP contribution in [0.1, 0.15) is 26.7 Å². The van der Waals surface area contributed by atoms with Gasteiger partial charge >= 0.3 is 0 Å². The molecule has 1 aliphatic heterocycles. The van der Waals surface area contributed by atoms with Crippen LogP contribution in [0.25, 0.3) is 0 Å². The van der Waals surface area contributed by atoms with Crippen LogP contribution in [0, 0.1) is 11.8 Å². The van der Waals surface area contributed by atoms with Gasteiger partial charge in [0.05, 0.1) is 18.6 Å². The number of hydrogen-bond acceptors (Lipinski definition) is 3. The molecule has 2 unspecified atom stereocenters. The van der Waals surface area contributed by atoms with E-state index in [1.165, 1.54) is 0 Å². The Hall–Kier alpha value is -0.610. The molecule has 1 heterocycles. The highest BCUT2D eigenvalue weighted by molar-refractivity contribution is 5.78. The fourth-order valence-corrected chi connectivity index (χ4v) is 1.73. The van der Waals surface area contributed by atoms with Crippen LogP contribution in [0.15, 0.2) is 0 Å². The molecule has 1 amide bonds. The zero-order valence-electron chi connectivity index (χ0n) is 9.53. The van der Waals surface area contributed by atoms with E-state index in [-0.39, 0.29) is 11.8 Å². The third kappa shape index (κ3) is 4.62. The molecule has 0 aliphatic carbocycles. The molecule has 4 heteroatoms. The van der Waals surface area contributed by atoms with E-state index in [2.05, 4.69) is 19.2 Å². The van der Waals surface area contributed by atoms with E-state index in [1.54, 1.807) is 0 Å². The number of carbonyl (C=O) groups excluding carboxylic acids is 1. The fraction of sp³-hybridized carbons (Fsp3) is 0.909. The van der Waals surface area contributed by atoms with Gasteiger partial charge in [-0.3, -0.25) is 4.79 Å². The summed E-state index contributed by atoms with van der Waals surface area (Å²) in [5.41, 5.74) is 0. The molecular formula is C11H21NO3. The Morgan fingerprint density at radius 3 is 2.87 bits per heavy atom. The van der Waals surface area contributed by atoms with Crippen molar-refractivity contribution >= 4 is 5.91 Å². The van der Waals surface area contributed by atoms with Crippen molar-refractivity contribution in [2.75, 3.05) is 19.8 Å². The van der Waals surface area contributed by atoms with Crippen molar-refractivity contribution in [3.63, 3.8) is 0 Å². The summed E-state index contributed by atoms with van der Waals surface area (Å²) >= 11 is 0. The Bertz CT molecular complexity index is 200. The lowest BCUT2D eigenvalue weighted by Crippen LogP contribution is -2.37. The van der Waals surface area contributed by atoms with E-state index in [1.807, 2.05) is 0 Å². The molecular weight excluding hydrogens is 194 g/mol. The Morgan fingerprint density at radius 2 is 2.33 bits per heavy atom. The van der Waals surface area contributed by atoms with Gasteiger partial charge in [0.25, 0.3) is 0 Å². The molecule has 4 nitrogen and oxygen atoms in total. The molecule has 0 aromatic carbocycles.